The standard InChI is InChI=1S/C19H28N2O2S/c1-4-14(2)19(23)21-13-24-12-17(21)18(22)20-15(3)10-11-16-8-6-5-7-9-16/h5-9,14-15,17H,4,10-13H2,1-3H3,(H,20,22)/t14-,15-,17+/m0/s1. The van der Waals surface area contributed by atoms with Gasteiger partial charge in [0.1, 0.15) is 6.04 Å². The minimum absolute atomic E-state index is 0.0165. The fourth-order valence-corrected chi connectivity index (χ4v) is 3.94. The summed E-state index contributed by atoms with van der Waals surface area (Å²) in [6.45, 7) is 5.97. The van der Waals surface area contributed by atoms with Crippen LogP contribution in [-0.2, 0) is 16.0 Å². The highest BCUT2D eigenvalue weighted by Gasteiger charge is 2.36. The van der Waals surface area contributed by atoms with E-state index in [2.05, 4.69) is 17.4 Å². The second kappa shape index (κ2) is 9.11. The number of benzene rings is 1. The molecule has 2 rings (SSSR count). The molecule has 4 nitrogen and oxygen atoms in total. The number of carbonyl (C=O) groups excluding carboxylic acids is 2. The van der Waals surface area contributed by atoms with E-state index < -0.39 is 0 Å². The Balaban J connectivity index is 1.85. The largest absolute Gasteiger partial charge is 0.352 e. The average molecular weight is 349 g/mol. The van der Waals surface area contributed by atoms with E-state index in [1.165, 1.54) is 5.56 Å². The second-order valence-electron chi connectivity index (χ2n) is 6.57. The predicted molar refractivity (Wildman–Crippen MR) is 99.8 cm³/mol. The molecule has 0 aromatic heterocycles. The Morgan fingerprint density at radius 2 is 2.00 bits per heavy atom. The smallest absolute Gasteiger partial charge is 0.243 e. The molecular weight excluding hydrogens is 320 g/mol. The van der Waals surface area contributed by atoms with Crippen LogP contribution in [0.2, 0.25) is 0 Å². The van der Waals surface area contributed by atoms with E-state index in [4.69, 9.17) is 0 Å². The van der Waals surface area contributed by atoms with Crippen LogP contribution in [0.15, 0.2) is 30.3 Å². The van der Waals surface area contributed by atoms with E-state index in [1.54, 1.807) is 16.7 Å². The molecule has 0 aliphatic carbocycles. The van der Waals surface area contributed by atoms with Crippen LogP contribution in [0.4, 0.5) is 0 Å². The number of aryl methyl sites for hydroxylation is 1. The Hall–Kier alpha value is -1.49. The van der Waals surface area contributed by atoms with Crippen molar-refractivity contribution in [3.8, 4) is 0 Å². The molecule has 3 atom stereocenters. The number of hydrogen-bond donors (Lipinski definition) is 1. The van der Waals surface area contributed by atoms with E-state index in [0.29, 0.717) is 11.6 Å². The minimum Gasteiger partial charge on any atom is -0.352 e. The van der Waals surface area contributed by atoms with Gasteiger partial charge in [-0.15, -0.1) is 11.8 Å². The minimum atomic E-state index is -0.323. The molecule has 1 aromatic carbocycles. The number of amides is 2. The Kier molecular flexibility index (Phi) is 7.16. The van der Waals surface area contributed by atoms with Gasteiger partial charge in [0.15, 0.2) is 0 Å². The van der Waals surface area contributed by atoms with Crippen molar-refractivity contribution in [2.45, 2.75) is 52.1 Å². The zero-order valence-electron chi connectivity index (χ0n) is 14.8. The van der Waals surface area contributed by atoms with Crippen molar-refractivity contribution >= 4 is 23.6 Å². The summed E-state index contributed by atoms with van der Waals surface area (Å²) < 4.78 is 0. The first-order valence-corrected chi connectivity index (χ1v) is 9.91. The molecule has 0 bridgehead atoms. The Morgan fingerprint density at radius 3 is 2.67 bits per heavy atom. The van der Waals surface area contributed by atoms with Gasteiger partial charge in [-0.05, 0) is 31.7 Å². The molecule has 24 heavy (non-hydrogen) atoms. The third kappa shape index (κ3) is 5.00. The summed E-state index contributed by atoms with van der Waals surface area (Å²) in [5.74, 6) is 1.38. The quantitative estimate of drug-likeness (QED) is 0.824. The zero-order chi connectivity index (χ0) is 17.5. The molecule has 1 saturated heterocycles. The second-order valence-corrected chi connectivity index (χ2v) is 7.57. The zero-order valence-corrected chi connectivity index (χ0v) is 15.6. The molecule has 0 radical (unpaired) electrons. The van der Waals surface area contributed by atoms with Crippen molar-refractivity contribution in [2.75, 3.05) is 11.6 Å². The highest BCUT2D eigenvalue weighted by Crippen LogP contribution is 2.24. The topological polar surface area (TPSA) is 49.4 Å². The third-order valence-electron chi connectivity index (χ3n) is 4.60. The van der Waals surface area contributed by atoms with E-state index >= 15 is 0 Å². The van der Waals surface area contributed by atoms with Crippen LogP contribution in [-0.4, -0.2) is 40.4 Å². The lowest BCUT2D eigenvalue weighted by atomic mass is 10.1. The van der Waals surface area contributed by atoms with Gasteiger partial charge in [0.25, 0.3) is 0 Å². The van der Waals surface area contributed by atoms with Crippen molar-refractivity contribution in [3.05, 3.63) is 35.9 Å². The number of nitrogens with one attached hydrogen (secondary N) is 1. The summed E-state index contributed by atoms with van der Waals surface area (Å²) in [6, 6.07) is 10.1. The van der Waals surface area contributed by atoms with E-state index in [-0.39, 0.29) is 29.8 Å². The summed E-state index contributed by atoms with van der Waals surface area (Å²) in [7, 11) is 0. The highest BCUT2D eigenvalue weighted by molar-refractivity contribution is 7.99. The van der Waals surface area contributed by atoms with E-state index in [1.807, 2.05) is 39.0 Å². The van der Waals surface area contributed by atoms with E-state index in [9.17, 15) is 9.59 Å². The maximum absolute atomic E-state index is 12.6. The Bertz CT molecular complexity index is 550. The summed E-state index contributed by atoms with van der Waals surface area (Å²) in [4.78, 5) is 26.7. The number of thioether (sulfide) groups is 1. The average Bonchev–Trinajstić information content (AvgIpc) is 3.09. The summed E-state index contributed by atoms with van der Waals surface area (Å²) in [5.41, 5.74) is 1.28. The summed E-state index contributed by atoms with van der Waals surface area (Å²) in [6.07, 6.45) is 2.65. The lowest BCUT2D eigenvalue weighted by Gasteiger charge is -2.26. The van der Waals surface area contributed by atoms with Gasteiger partial charge in [0.05, 0.1) is 5.88 Å². The van der Waals surface area contributed by atoms with Crippen molar-refractivity contribution < 1.29 is 9.59 Å². The predicted octanol–water partition coefficient (Wildman–Crippen LogP) is 3.07. The maximum atomic E-state index is 12.6. The van der Waals surface area contributed by atoms with Gasteiger partial charge >= 0.3 is 0 Å². The van der Waals surface area contributed by atoms with Crippen molar-refractivity contribution in [2.24, 2.45) is 5.92 Å². The molecule has 1 aliphatic heterocycles. The van der Waals surface area contributed by atoms with Gasteiger partial charge in [0, 0.05) is 17.7 Å². The van der Waals surface area contributed by atoms with Crippen LogP contribution in [0.5, 0.6) is 0 Å². The van der Waals surface area contributed by atoms with Crippen molar-refractivity contribution in [1.82, 2.24) is 10.2 Å². The van der Waals surface area contributed by atoms with Gasteiger partial charge in [-0.3, -0.25) is 9.59 Å². The fourth-order valence-electron chi connectivity index (χ4n) is 2.77. The Morgan fingerprint density at radius 1 is 1.29 bits per heavy atom. The van der Waals surface area contributed by atoms with Gasteiger partial charge in [0.2, 0.25) is 11.8 Å². The molecule has 1 heterocycles. The first kappa shape index (κ1) is 18.8. The van der Waals surface area contributed by atoms with Crippen LogP contribution >= 0.6 is 11.8 Å². The summed E-state index contributed by atoms with van der Waals surface area (Å²) >= 11 is 1.66. The maximum Gasteiger partial charge on any atom is 0.243 e. The molecule has 0 spiro atoms. The molecule has 0 unspecified atom stereocenters. The molecule has 2 amide bonds. The monoisotopic (exact) mass is 348 g/mol. The molecule has 0 saturated carbocycles. The van der Waals surface area contributed by atoms with Crippen LogP contribution < -0.4 is 5.32 Å². The highest BCUT2D eigenvalue weighted by atomic mass is 32.2. The first-order valence-electron chi connectivity index (χ1n) is 8.75. The molecule has 1 aromatic rings. The number of hydrogen-bond acceptors (Lipinski definition) is 3. The Labute approximate surface area is 149 Å². The molecule has 5 heteroatoms. The fraction of sp³-hybridized carbons (Fsp3) is 0.579. The third-order valence-corrected chi connectivity index (χ3v) is 5.61. The molecule has 1 aliphatic rings. The summed E-state index contributed by atoms with van der Waals surface area (Å²) in [5, 5.41) is 3.09. The number of carbonyl (C=O) groups is 2. The van der Waals surface area contributed by atoms with Gasteiger partial charge in [-0.25, -0.2) is 0 Å². The molecule has 1 N–H and O–H groups in total. The lowest BCUT2D eigenvalue weighted by Crippen LogP contribution is -2.50. The van der Waals surface area contributed by atoms with Crippen molar-refractivity contribution in [3.63, 3.8) is 0 Å². The normalized spacial score (nSPS) is 19.8. The van der Waals surface area contributed by atoms with Crippen molar-refractivity contribution in [1.29, 1.82) is 0 Å². The molecule has 132 valence electrons. The number of rotatable bonds is 7. The first-order chi connectivity index (χ1) is 11.5. The van der Waals surface area contributed by atoms with Gasteiger partial charge in [-0.2, -0.15) is 0 Å². The van der Waals surface area contributed by atoms with Crippen LogP contribution in [0, 0.1) is 5.92 Å². The van der Waals surface area contributed by atoms with Gasteiger partial charge < -0.3 is 10.2 Å². The molecular formula is C19H28N2O2S. The van der Waals surface area contributed by atoms with E-state index in [0.717, 1.165) is 19.3 Å². The lowest BCUT2D eigenvalue weighted by molar-refractivity contribution is -0.141. The SMILES string of the molecule is CC[C@H](C)C(=O)N1CSC[C@@H]1C(=O)N[C@@H](C)CCc1ccccc1. The van der Waals surface area contributed by atoms with Crippen LogP contribution in [0.1, 0.15) is 39.2 Å². The van der Waals surface area contributed by atoms with Gasteiger partial charge in [-0.1, -0.05) is 44.2 Å². The van der Waals surface area contributed by atoms with Crippen LogP contribution in [0.3, 0.4) is 0 Å². The van der Waals surface area contributed by atoms with Crippen LogP contribution in [0.25, 0.3) is 0 Å². The molecule has 1 fully saturated rings. The number of nitrogens with zero attached hydrogens (tertiary/aromatic N) is 1.